The number of hydrogen-bond donors (Lipinski definition) is 4. The van der Waals surface area contributed by atoms with Crippen molar-refractivity contribution >= 4 is 35.9 Å². The van der Waals surface area contributed by atoms with E-state index >= 15 is 0 Å². The first-order valence-electron chi connectivity index (χ1n) is 17.4. The quantitative estimate of drug-likeness (QED) is 0.125. The van der Waals surface area contributed by atoms with Crippen LogP contribution in [0.15, 0.2) is 71.8 Å². The van der Waals surface area contributed by atoms with E-state index in [1.54, 1.807) is 48.5 Å². The Bertz CT molecular complexity index is 1860. The van der Waals surface area contributed by atoms with Crippen molar-refractivity contribution in [3.8, 4) is 0 Å². The first kappa shape index (κ1) is 38.0. The third kappa shape index (κ3) is 5.79. The Balaban J connectivity index is 1.53. The second-order valence-electron chi connectivity index (χ2n) is 15.1. The summed E-state index contributed by atoms with van der Waals surface area (Å²) < 4.78 is 23.8. The van der Waals surface area contributed by atoms with Crippen molar-refractivity contribution in [1.29, 1.82) is 0 Å². The number of carbonyl (C=O) groups excluding carboxylic acids is 6. The van der Waals surface area contributed by atoms with Gasteiger partial charge in [-0.15, -0.1) is 0 Å². The van der Waals surface area contributed by atoms with Gasteiger partial charge in [0, 0.05) is 30.8 Å². The average molecular weight is 734 g/mol. The number of benzene rings is 2. The highest BCUT2D eigenvalue weighted by atomic mass is 16.6. The fourth-order valence-corrected chi connectivity index (χ4v) is 9.01. The molecule has 1 heterocycles. The van der Waals surface area contributed by atoms with Gasteiger partial charge in [-0.25, -0.2) is 9.59 Å². The molecule has 10 atom stereocenters. The summed E-state index contributed by atoms with van der Waals surface area (Å²) in [4.78, 5) is 81.2. The first-order valence-corrected chi connectivity index (χ1v) is 17.4. The molecular weight excluding hydrogens is 690 g/mol. The topological polar surface area (TPSA) is 212 Å². The van der Waals surface area contributed by atoms with E-state index in [9.17, 15) is 44.1 Å². The average Bonchev–Trinajstić information content (AvgIpc) is 3.12. The van der Waals surface area contributed by atoms with Gasteiger partial charge in [-0.05, 0) is 37.1 Å². The smallest absolute Gasteiger partial charge is 0.338 e. The summed E-state index contributed by atoms with van der Waals surface area (Å²) in [6.07, 6.45) is -8.28. The summed E-state index contributed by atoms with van der Waals surface area (Å²) in [5, 5.41) is 38.6. The predicted molar refractivity (Wildman–Crippen MR) is 182 cm³/mol. The van der Waals surface area contributed by atoms with Crippen molar-refractivity contribution in [2.45, 2.75) is 95.2 Å². The number of carbonyl (C=O) groups is 6. The van der Waals surface area contributed by atoms with Crippen LogP contribution in [0.2, 0.25) is 0 Å². The van der Waals surface area contributed by atoms with E-state index in [2.05, 4.69) is 5.32 Å². The molecular formula is C39H43NO13. The summed E-state index contributed by atoms with van der Waals surface area (Å²) in [6, 6.07) is 14.7. The van der Waals surface area contributed by atoms with Crippen LogP contribution in [0.3, 0.4) is 0 Å². The zero-order valence-electron chi connectivity index (χ0n) is 29.9. The lowest BCUT2D eigenvalue weighted by Crippen LogP contribution is -2.81. The Morgan fingerprint density at radius 2 is 1.62 bits per heavy atom. The van der Waals surface area contributed by atoms with Gasteiger partial charge in [0.05, 0.1) is 35.6 Å². The van der Waals surface area contributed by atoms with Gasteiger partial charge < -0.3 is 39.6 Å². The molecule has 1 aliphatic heterocycles. The number of ether oxygens (including phenoxy) is 4. The molecule has 2 bridgehead atoms. The van der Waals surface area contributed by atoms with Crippen LogP contribution in [0, 0.1) is 16.7 Å². The lowest BCUT2D eigenvalue weighted by Gasteiger charge is -2.66. The van der Waals surface area contributed by atoms with Gasteiger partial charge in [0.1, 0.15) is 23.9 Å². The first-order chi connectivity index (χ1) is 25.0. The molecule has 53 heavy (non-hydrogen) atoms. The molecule has 0 spiro atoms. The lowest BCUT2D eigenvalue weighted by molar-refractivity contribution is -0.343. The highest BCUT2D eigenvalue weighted by molar-refractivity contribution is 6.46. The van der Waals surface area contributed by atoms with Gasteiger partial charge in [0.25, 0.3) is 0 Å². The fraction of sp³-hybridized carbons (Fsp3) is 0.487. The predicted octanol–water partition coefficient (Wildman–Crippen LogP) is 1.69. The minimum atomic E-state index is -2.38. The maximum Gasteiger partial charge on any atom is 0.338 e. The van der Waals surface area contributed by atoms with Crippen molar-refractivity contribution in [2.75, 3.05) is 6.61 Å². The van der Waals surface area contributed by atoms with Gasteiger partial charge >= 0.3 is 17.9 Å². The molecule has 14 nitrogen and oxygen atoms in total. The standard InChI is InChI=1S/C39H43NO13/c1-20-24(51-35(48)30(45)28(40-19-41)22-12-8-6-9-13-22)17-39(49)33(52-34(47)23-14-10-7-11-15-23)31-37(5,32(46)29(44)27(20)36(39,3)4)25(43)16-26-38(31,18-50-26)53-21(2)42/h6-15,19,24-26,28,30-31,33,43,45,49H,16-18H2,1-5H3,(H,40,41)/t24-,25-,26+,28-,30+,31-,33-,37+,38-,39+/m0/s1. The normalized spacial score (nSPS) is 34.1. The van der Waals surface area contributed by atoms with Crippen molar-refractivity contribution in [3.05, 3.63) is 82.9 Å². The van der Waals surface area contributed by atoms with E-state index in [1.807, 2.05) is 0 Å². The van der Waals surface area contributed by atoms with Crippen LogP contribution in [0.4, 0.5) is 0 Å². The molecule has 4 aliphatic rings. The number of ketones is 2. The van der Waals surface area contributed by atoms with Gasteiger partial charge in [-0.2, -0.15) is 0 Å². The number of esters is 3. The van der Waals surface area contributed by atoms with E-state index < -0.39 is 100 Å². The van der Waals surface area contributed by atoms with Crippen LogP contribution >= 0.6 is 0 Å². The molecule has 6 rings (SSSR count). The highest BCUT2D eigenvalue weighted by Crippen LogP contribution is 2.63. The summed E-state index contributed by atoms with van der Waals surface area (Å²) in [7, 11) is 0. The number of Topliss-reactive ketones (excluding diaryl/α,β-unsaturated/α-hetero) is 2. The highest BCUT2D eigenvalue weighted by Gasteiger charge is 2.78. The fourth-order valence-electron chi connectivity index (χ4n) is 9.01. The number of hydrogen-bond acceptors (Lipinski definition) is 13. The molecule has 2 aromatic carbocycles. The minimum absolute atomic E-state index is 0.0721. The molecule has 1 saturated heterocycles. The maximum absolute atomic E-state index is 14.7. The Hall–Kier alpha value is -4.76. The zero-order valence-corrected chi connectivity index (χ0v) is 29.9. The molecule has 1 amide bonds. The number of fused-ring (bicyclic) bond motifs is 5. The summed E-state index contributed by atoms with van der Waals surface area (Å²) >= 11 is 0. The molecule has 282 valence electrons. The Morgan fingerprint density at radius 1 is 1.00 bits per heavy atom. The summed E-state index contributed by atoms with van der Waals surface area (Å²) in [6.45, 7) is 6.59. The van der Waals surface area contributed by atoms with Crippen LogP contribution in [0.1, 0.15) is 69.4 Å². The molecule has 2 saturated carbocycles. The van der Waals surface area contributed by atoms with Gasteiger partial charge in [0.15, 0.2) is 11.7 Å². The monoisotopic (exact) mass is 733 g/mol. The van der Waals surface area contributed by atoms with Gasteiger partial charge in [-0.3, -0.25) is 19.2 Å². The number of rotatable bonds is 9. The largest absolute Gasteiger partial charge is 0.456 e. The number of nitrogens with one attached hydrogen (secondary N) is 1. The van der Waals surface area contributed by atoms with E-state index in [4.69, 9.17) is 18.9 Å². The van der Waals surface area contributed by atoms with Crippen LogP contribution in [-0.2, 0) is 42.9 Å². The number of amides is 1. The third-order valence-electron chi connectivity index (χ3n) is 11.9. The van der Waals surface area contributed by atoms with E-state index in [0.717, 1.165) is 6.92 Å². The van der Waals surface area contributed by atoms with Crippen molar-refractivity contribution in [1.82, 2.24) is 5.32 Å². The molecule has 14 heteroatoms. The molecule has 0 unspecified atom stereocenters. The van der Waals surface area contributed by atoms with E-state index in [0.29, 0.717) is 12.0 Å². The van der Waals surface area contributed by atoms with Crippen molar-refractivity contribution in [2.24, 2.45) is 16.7 Å². The van der Waals surface area contributed by atoms with Crippen LogP contribution < -0.4 is 5.32 Å². The third-order valence-corrected chi connectivity index (χ3v) is 11.9. The van der Waals surface area contributed by atoms with Crippen molar-refractivity contribution < 1.29 is 63.0 Å². The van der Waals surface area contributed by atoms with E-state index in [-0.39, 0.29) is 29.7 Å². The Labute approximate surface area is 305 Å². The van der Waals surface area contributed by atoms with Crippen LogP contribution in [0.25, 0.3) is 0 Å². The Morgan fingerprint density at radius 3 is 2.19 bits per heavy atom. The molecule has 3 fully saturated rings. The second kappa shape index (κ2) is 13.6. The maximum atomic E-state index is 14.7. The molecule has 3 aliphatic carbocycles. The van der Waals surface area contributed by atoms with Crippen LogP contribution in [-0.4, -0.2) is 99.5 Å². The van der Waals surface area contributed by atoms with E-state index in [1.165, 1.54) is 39.8 Å². The van der Waals surface area contributed by atoms with Gasteiger partial charge in [0.2, 0.25) is 18.0 Å². The number of aliphatic hydroxyl groups is 3. The number of aliphatic hydroxyl groups excluding tert-OH is 2. The Kier molecular flexibility index (Phi) is 9.73. The minimum Gasteiger partial charge on any atom is -0.456 e. The molecule has 2 aromatic rings. The van der Waals surface area contributed by atoms with Crippen LogP contribution in [0.5, 0.6) is 0 Å². The second-order valence-corrected chi connectivity index (χ2v) is 15.1. The SMILES string of the molecule is CC(=O)O[C@@]12CO[C@@H]1C[C@H](O)[C@@]1(C)C(=O)C(=O)C3=C(C)[C@@H](OC(=O)[C@H](O)[C@@H](NC=O)c4ccccc4)C[C@@](O)([C@@H](OC(=O)c4ccccc4)[C@H]21)C3(C)C. The zero-order chi connectivity index (χ0) is 38.7. The van der Waals surface area contributed by atoms with Gasteiger partial charge in [-0.1, -0.05) is 62.4 Å². The lowest BCUT2D eigenvalue weighted by atomic mass is 9.45. The van der Waals surface area contributed by atoms with Crippen molar-refractivity contribution in [3.63, 3.8) is 0 Å². The molecule has 4 N–H and O–H groups in total. The molecule has 0 aromatic heterocycles. The molecule has 0 radical (unpaired) electrons. The summed E-state index contributed by atoms with van der Waals surface area (Å²) in [5.74, 6) is -6.68. The summed E-state index contributed by atoms with van der Waals surface area (Å²) in [5.41, 5.74) is -7.63.